The lowest BCUT2D eigenvalue weighted by Gasteiger charge is -2.13. The third kappa shape index (κ3) is 5.04. The molecule has 0 aromatic heterocycles. The first-order valence-corrected chi connectivity index (χ1v) is 10.6. The second-order valence-electron chi connectivity index (χ2n) is 6.48. The zero-order valence-corrected chi connectivity index (χ0v) is 17.1. The minimum atomic E-state index is -3.67. The summed E-state index contributed by atoms with van der Waals surface area (Å²) in [6.45, 7) is 1.26. The van der Waals surface area contributed by atoms with E-state index in [0.29, 0.717) is 5.56 Å². The van der Waals surface area contributed by atoms with E-state index < -0.39 is 32.9 Å². The van der Waals surface area contributed by atoms with Crippen LogP contribution in [0.1, 0.15) is 18.9 Å². The van der Waals surface area contributed by atoms with Crippen molar-refractivity contribution in [3.63, 3.8) is 0 Å². The highest BCUT2D eigenvalue weighted by atomic mass is 32.2. The van der Waals surface area contributed by atoms with Crippen molar-refractivity contribution in [3.8, 4) is 0 Å². The van der Waals surface area contributed by atoms with E-state index in [2.05, 4.69) is 15.0 Å². The fraction of sp³-hybridized carbons (Fsp3) is 0.211. The van der Waals surface area contributed by atoms with Crippen molar-refractivity contribution in [3.05, 3.63) is 64.2 Å². The summed E-state index contributed by atoms with van der Waals surface area (Å²) in [5, 5.41) is 13.4. The molecule has 1 aliphatic rings. The van der Waals surface area contributed by atoms with Crippen LogP contribution in [0.5, 0.6) is 0 Å². The molecule has 0 saturated carbocycles. The molecule has 1 atom stereocenters. The minimum Gasteiger partial charge on any atom is -0.452 e. The Morgan fingerprint density at radius 2 is 1.87 bits per heavy atom. The van der Waals surface area contributed by atoms with Gasteiger partial charge >= 0.3 is 5.97 Å². The summed E-state index contributed by atoms with van der Waals surface area (Å²) >= 11 is 0. The fourth-order valence-corrected chi connectivity index (χ4v) is 4.04. The van der Waals surface area contributed by atoms with Gasteiger partial charge in [-0.05, 0) is 25.1 Å². The van der Waals surface area contributed by atoms with Crippen LogP contribution in [0, 0.1) is 10.1 Å². The van der Waals surface area contributed by atoms with Crippen LogP contribution in [0.3, 0.4) is 0 Å². The van der Waals surface area contributed by atoms with Gasteiger partial charge in [-0.3, -0.25) is 29.4 Å². The molecule has 1 aliphatic heterocycles. The average Bonchev–Trinajstić information content (AvgIpc) is 2.98. The molecule has 11 nitrogen and oxygen atoms in total. The summed E-state index contributed by atoms with van der Waals surface area (Å²) in [7, 11) is -3.67. The van der Waals surface area contributed by atoms with Crippen LogP contribution in [-0.4, -0.2) is 43.7 Å². The van der Waals surface area contributed by atoms with E-state index >= 15 is 0 Å². The number of hydrogen-bond donors (Lipinski definition) is 2. The SMILES string of the molecule is C[C@H](OC(=O)CCN=C1NS(=O)(=O)c2ccccc21)C(=O)Nc1ccccc1[N+](=O)[O-]. The topological polar surface area (TPSA) is 157 Å². The molecule has 0 aliphatic carbocycles. The quantitative estimate of drug-likeness (QED) is 0.371. The first-order valence-electron chi connectivity index (χ1n) is 9.09. The fourth-order valence-electron chi connectivity index (χ4n) is 2.79. The lowest BCUT2D eigenvalue weighted by Crippen LogP contribution is -2.30. The highest BCUT2D eigenvalue weighted by Crippen LogP contribution is 2.24. The molecule has 0 saturated heterocycles. The Balaban J connectivity index is 1.55. The number of carbonyl (C=O) groups is 2. The molecule has 0 unspecified atom stereocenters. The number of hydrogen-bond acceptors (Lipinski definition) is 8. The van der Waals surface area contributed by atoms with Crippen molar-refractivity contribution in [2.24, 2.45) is 4.99 Å². The number of nitrogens with one attached hydrogen (secondary N) is 2. The first kappa shape index (κ1) is 21.9. The van der Waals surface area contributed by atoms with Crippen LogP contribution in [0.4, 0.5) is 11.4 Å². The van der Waals surface area contributed by atoms with Gasteiger partial charge in [0.25, 0.3) is 21.6 Å². The predicted octanol–water partition coefficient (Wildman–Crippen LogP) is 1.59. The molecule has 0 radical (unpaired) electrons. The van der Waals surface area contributed by atoms with Gasteiger partial charge in [-0.1, -0.05) is 24.3 Å². The smallest absolute Gasteiger partial charge is 0.308 e. The van der Waals surface area contributed by atoms with E-state index in [1.165, 1.54) is 37.3 Å². The molecule has 1 amide bonds. The number of sulfonamides is 1. The van der Waals surface area contributed by atoms with Gasteiger partial charge in [-0.2, -0.15) is 0 Å². The summed E-state index contributed by atoms with van der Waals surface area (Å²) in [5.74, 6) is -1.33. The van der Waals surface area contributed by atoms with E-state index in [4.69, 9.17) is 4.74 Å². The van der Waals surface area contributed by atoms with Crippen molar-refractivity contribution >= 4 is 39.1 Å². The van der Waals surface area contributed by atoms with Gasteiger partial charge in [0.1, 0.15) is 11.5 Å². The predicted molar refractivity (Wildman–Crippen MR) is 110 cm³/mol. The molecule has 31 heavy (non-hydrogen) atoms. The number of amides is 1. The lowest BCUT2D eigenvalue weighted by molar-refractivity contribution is -0.383. The number of anilines is 1. The van der Waals surface area contributed by atoms with Gasteiger partial charge in [-0.25, -0.2) is 8.42 Å². The van der Waals surface area contributed by atoms with E-state index in [1.807, 2.05) is 0 Å². The Morgan fingerprint density at radius 3 is 2.61 bits per heavy atom. The third-order valence-corrected chi connectivity index (χ3v) is 5.68. The number of esters is 1. The van der Waals surface area contributed by atoms with Crippen molar-refractivity contribution < 1.29 is 27.7 Å². The number of amidine groups is 1. The largest absolute Gasteiger partial charge is 0.452 e. The Labute approximate surface area is 177 Å². The molecule has 2 aromatic carbocycles. The third-order valence-electron chi connectivity index (χ3n) is 4.28. The van der Waals surface area contributed by atoms with E-state index in [9.17, 15) is 28.1 Å². The van der Waals surface area contributed by atoms with E-state index in [-0.39, 0.29) is 35.1 Å². The number of para-hydroxylation sites is 2. The number of nitro benzene ring substituents is 1. The van der Waals surface area contributed by atoms with Crippen LogP contribution in [0.2, 0.25) is 0 Å². The van der Waals surface area contributed by atoms with Gasteiger partial charge in [0.05, 0.1) is 22.8 Å². The first-order chi connectivity index (χ1) is 14.7. The van der Waals surface area contributed by atoms with E-state index in [1.54, 1.807) is 18.2 Å². The summed E-state index contributed by atoms with van der Waals surface area (Å²) < 4.78 is 31.4. The Morgan fingerprint density at radius 1 is 1.19 bits per heavy atom. The maximum atomic E-state index is 12.2. The monoisotopic (exact) mass is 446 g/mol. The van der Waals surface area contributed by atoms with E-state index in [0.717, 1.165) is 0 Å². The van der Waals surface area contributed by atoms with Gasteiger partial charge in [0, 0.05) is 11.6 Å². The highest BCUT2D eigenvalue weighted by Gasteiger charge is 2.30. The second-order valence-corrected chi connectivity index (χ2v) is 8.13. The number of fused-ring (bicyclic) bond motifs is 1. The maximum Gasteiger partial charge on any atom is 0.308 e. The molecule has 2 N–H and O–H groups in total. The van der Waals surface area contributed by atoms with Crippen molar-refractivity contribution in [2.45, 2.75) is 24.3 Å². The Kier molecular flexibility index (Phi) is 6.30. The van der Waals surface area contributed by atoms with Crippen LogP contribution in [-0.2, 0) is 24.3 Å². The van der Waals surface area contributed by atoms with Crippen LogP contribution < -0.4 is 10.0 Å². The Hall–Kier alpha value is -3.80. The van der Waals surface area contributed by atoms with Gasteiger partial charge in [0.2, 0.25) is 0 Å². The number of nitrogens with zero attached hydrogens (tertiary/aromatic N) is 2. The maximum absolute atomic E-state index is 12.2. The summed E-state index contributed by atoms with van der Waals surface area (Å²) in [6.07, 6.45) is -1.40. The average molecular weight is 446 g/mol. The normalized spacial score (nSPS) is 16.1. The van der Waals surface area contributed by atoms with Crippen LogP contribution in [0.15, 0.2) is 58.4 Å². The molecule has 12 heteroatoms. The molecule has 3 rings (SSSR count). The zero-order chi connectivity index (χ0) is 22.6. The van der Waals surface area contributed by atoms with Crippen molar-refractivity contribution in [1.29, 1.82) is 0 Å². The van der Waals surface area contributed by atoms with Crippen LogP contribution in [0.25, 0.3) is 0 Å². The number of carbonyl (C=O) groups excluding carboxylic acids is 2. The molecule has 0 spiro atoms. The molecular weight excluding hydrogens is 428 g/mol. The zero-order valence-electron chi connectivity index (χ0n) is 16.3. The number of nitro groups is 1. The number of ether oxygens (including phenoxy) is 1. The van der Waals surface area contributed by atoms with Crippen molar-refractivity contribution in [1.82, 2.24) is 4.72 Å². The van der Waals surface area contributed by atoms with Crippen LogP contribution >= 0.6 is 0 Å². The number of rotatable bonds is 7. The minimum absolute atomic E-state index is 0.0148. The molecular formula is C19H18N4O7S. The summed E-state index contributed by atoms with van der Waals surface area (Å²) in [5.41, 5.74) is 0.108. The number of benzene rings is 2. The second kappa shape index (κ2) is 8.92. The Bertz CT molecular complexity index is 1180. The van der Waals surface area contributed by atoms with Gasteiger partial charge < -0.3 is 10.1 Å². The molecule has 0 bridgehead atoms. The lowest BCUT2D eigenvalue weighted by atomic mass is 10.2. The summed E-state index contributed by atoms with van der Waals surface area (Å²) in [4.78, 5) is 38.8. The molecule has 0 fully saturated rings. The van der Waals surface area contributed by atoms with Gasteiger partial charge in [0.15, 0.2) is 6.10 Å². The van der Waals surface area contributed by atoms with Crippen molar-refractivity contribution in [2.75, 3.05) is 11.9 Å². The molecule has 1 heterocycles. The standard InChI is InChI=1S/C19H18N4O7S/c1-12(19(25)21-14-7-3-4-8-15(14)23(26)27)30-17(24)10-11-20-18-13-6-2-5-9-16(13)31(28,29)22-18/h2-9,12H,10-11H2,1H3,(H,20,22)(H,21,25)/t12-/m0/s1. The highest BCUT2D eigenvalue weighted by molar-refractivity contribution is 7.90. The summed E-state index contributed by atoms with van der Waals surface area (Å²) in [6, 6.07) is 11.9. The van der Waals surface area contributed by atoms with Gasteiger partial charge in [-0.15, -0.1) is 0 Å². The molecule has 162 valence electrons. The number of aliphatic imine (C=N–C) groups is 1. The molecule has 2 aromatic rings.